The van der Waals surface area contributed by atoms with E-state index in [1.807, 2.05) is 0 Å². The van der Waals surface area contributed by atoms with Crippen LogP contribution in [-0.4, -0.2) is 28.6 Å². The van der Waals surface area contributed by atoms with Gasteiger partial charge in [0.15, 0.2) is 0 Å². The summed E-state index contributed by atoms with van der Waals surface area (Å²) in [5, 5.41) is 8.92. The van der Waals surface area contributed by atoms with Crippen LogP contribution in [0.1, 0.15) is 41.6 Å². The van der Waals surface area contributed by atoms with E-state index in [-0.39, 0.29) is 5.56 Å². The molecule has 1 fully saturated rings. The smallest absolute Gasteiger partial charge is 0.339 e. The molecule has 0 radical (unpaired) electrons. The molecule has 0 aliphatic carbocycles. The fourth-order valence-electron chi connectivity index (χ4n) is 2.26. The first-order chi connectivity index (χ1) is 7.58. The third kappa shape index (κ3) is 2.11. The van der Waals surface area contributed by atoms with Gasteiger partial charge in [-0.2, -0.15) is 0 Å². The lowest BCUT2D eigenvalue weighted by Gasteiger charge is -2.19. The molecule has 0 aromatic carbocycles. The Labute approximate surface area is 94.9 Å². The van der Waals surface area contributed by atoms with Crippen molar-refractivity contribution in [2.45, 2.75) is 39.3 Å². The average molecular weight is 223 g/mol. The summed E-state index contributed by atoms with van der Waals surface area (Å²) in [5.74, 6) is 0.333. The first-order valence-corrected chi connectivity index (χ1v) is 5.64. The molecule has 1 unspecified atom stereocenters. The monoisotopic (exact) mass is 223 g/mol. The number of nitrogens with zero attached hydrogens (tertiary/aromatic N) is 1. The molecule has 0 spiro atoms. The van der Waals surface area contributed by atoms with E-state index in [1.165, 1.54) is 12.8 Å². The number of hydrogen-bond donors (Lipinski definition) is 1. The van der Waals surface area contributed by atoms with E-state index in [4.69, 9.17) is 9.52 Å². The molecule has 4 nitrogen and oxygen atoms in total. The summed E-state index contributed by atoms with van der Waals surface area (Å²) >= 11 is 0. The number of rotatable bonds is 3. The summed E-state index contributed by atoms with van der Waals surface area (Å²) in [6.07, 6.45) is 2.43. The van der Waals surface area contributed by atoms with Crippen molar-refractivity contribution in [1.82, 2.24) is 4.90 Å². The van der Waals surface area contributed by atoms with E-state index in [2.05, 4.69) is 11.8 Å². The van der Waals surface area contributed by atoms with Crippen LogP contribution in [0.15, 0.2) is 10.5 Å². The number of carbonyl (C=O) groups is 1. The third-order valence-corrected chi connectivity index (χ3v) is 3.25. The molecule has 16 heavy (non-hydrogen) atoms. The van der Waals surface area contributed by atoms with Crippen LogP contribution in [0.5, 0.6) is 0 Å². The Bertz CT molecular complexity index is 397. The van der Waals surface area contributed by atoms with Crippen LogP contribution in [0.2, 0.25) is 0 Å². The van der Waals surface area contributed by atoms with Crippen LogP contribution in [-0.2, 0) is 6.54 Å². The molecule has 2 heterocycles. The lowest BCUT2D eigenvalue weighted by Crippen LogP contribution is -2.25. The number of furan rings is 1. The van der Waals surface area contributed by atoms with Crippen LogP contribution < -0.4 is 0 Å². The highest BCUT2D eigenvalue weighted by Gasteiger charge is 2.22. The molecule has 1 aromatic rings. The van der Waals surface area contributed by atoms with Crippen molar-refractivity contribution in [2.75, 3.05) is 6.54 Å². The summed E-state index contributed by atoms with van der Waals surface area (Å²) in [6.45, 7) is 5.68. The standard InChI is InChI=1S/C12H17NO3/c1-8-4-3-5-13(8)7-10-6-11(12(14)15)9(2)16-10/h6,8H,3-5,7H2,1-2H3,(H,14,15). The minimum Gasteiger partial charge on any atom is -0.478 e. The van der Waals surface area contributed by atoms with Crippen molar-refractivity contribution in [1.29, 1.82) is 0 Å². The molecule has 0 saturated carbocycles. The number of carboxylic acids is 1. The summed E-state index contributed by atoms with van der Waals surface area (Å²) in [5.41, 5.74) is 0.279. The summed E-state index contributed by atoms with van der Waals surface area (Å²) in [7, 11) is 0. The van der Waals surface area contributed by atoms with Crippen molar-refractivity contribution in [2.24, 2.45) is 0 Å². The Morgan fingerprint density at radius 1 is 1.69 bits per heavy atom. The van der Waals surface area contributed by atoms with Gasteiger partial charge in [-0.05, 0) is 39.3 Å². The number of aromatic carboxylic acids is 1. The highest BCUT2D eigenvalue weighted by molar-refractivity contribution is 5.88. The van der Waals surface area contributed by atoms with Gasteiger partial charge >= 0.3 is 5.97 Å². The molecule has 1 aliphatic rings. The second-order valence-electron chi connectivity index (χ2n) is 4.45. The first-order valence-electron chi connectivity index (χ1n) is 5.64. The zero-order chi connectivity index (χ0) is 11.7. The highest BCUT2D eigenvalue weighted by atomic mass is 16.4. The zero-order valence-electron chi connectivity index (χ0n) is 9.69. The Hall–Kier alpha value is -1.29. The molecular formula is C12H17NO3. The summed E-state index contributed by atoms with van der Waals surface area (Å²) < 4.78 is 5.46. The van der Waals surface area contributed by atoms with Crippen molar-refractivity contribution in [3.63, 3.8) is 0 Å². The van der Waals surface area contributed by atoms with Crippen molar-refractivity contribution >= 4 is 5.97 Å². The second-order valence-corrected chi connectivity index (χ2v) is 4.45. The van der Waals surface area contributed by atoms with Gasteiger partial charge in [-0.25, -0.2) is 4.79 Å². The quantitative estimate of drug-likeness (QED) is 0.854. The van der Waals surface area contributed by atoms with Crippen LogP contribution in [0.25, 0.3) is 0 Å². The van der Waals surface area contributed by atoms with Crippen molar-refractivity contribution in [3.05, 3.63) is 23.2 Å². The lowest BCUT2D eigenvalue weighted by molar-refractivity contribution is 0.0695. The molecule has 1 saturated heterocycles. The number of carboxylic acid groups (broad SMARTS) is 1. The van der Waals surface area contributed by atoms with Gasteiger partial charge < -0.3 is 9.52 Å². The number of hydrogen-bond acceptors (Lipinski definition) is 3. The van der Waals surface area contributed by atoms with Gasteiger partial charge in [0, 0.05) is 6.04 Å². The van der Waals surface area contributed by atoms with Gasteiger partial charge in [0.1, 0.15) is 17.1 Å². The largest absolute Gasteiger partial charge is 0.478 e. The van der Waals surface area contributed by atoms with E-state index in [0.29, 0.717) is 11.8 Å². The van der Waals surface area contributed by atoms with Crippen molar-refractivity contribution < 1.29 is 14.3 Å². The summed E-state index contributed by atoms with van der Waals surface area (Å²) in [6, 6.07) is 2.21. The Balaban J connectivity index is 2.10. The van der Waals surface area contributed by atoms with Crippen molar-refractivity contribution in [3.8, 4) is 0 Å². The number of likely N-dealkylation sites (tertiary alicyclic amines) is 1. The normalized spacial score (nSPS) is 21.5. The molecule has 1 aromatic heterocycles. The van der Waals surface area contributed by atoms with E-state index in [0.717, 1.165) is 18.8 Å². The van der Waals surface area contributed by atoms with Gasteiger partial charge in [0.25, 0.3) is 0 Å². The van der Waals surface area contributed by atoms with Crippen LogP contribution >= 0.6 is 0 Å². The minimum absolute atomic E-state index is 0.279. The predicted molar refractivity (Wildman–Crippen MR) is 59.5 cm³/mol. The Morgan fingerprint density at radius 3 is 2.94 bits per heavy atom. The van der Waals surface area contributed by atoms with Gasteiger partial charge in [-0.3, -0.25) is 4.90 Å². The highest BCUT2D eigenvalue weighted by Crippen LogP contribution is 2.22. The van der Waals surface area contributed by atoms with Gasteiger partial charge in [-0.1, -0.05) is 0 Å². The first kappa shape index (κ1) is 11.2. The number of aryl methyl sites for hydroxylation is 1. The van der Waals surface area contributed by atoms with E-state index in [9.17, 15) is 4.79 Å². The maximum Gasteiger partial charge on any atom is 0.339 e. The van der Waals surface area contributed by atoms with Crippen LogP contribution in [0.3, 0.4) is 0 Å². The Morgan fingerprint density at radius 2 is 2.44 bits per heavy atom. The van der Waals surface area contributed by atoms with Gasteiger partial charge in [-0.15, -0.1) is 0 Å². The molecular weight excluding hydrogens is 206 g/mol. The van der Waals surface area contributed by atoms with Crippen LogP contribution in [0.4, 0.5) is 0 Å². The molecule has 88 valence electrons. The molecule has 2 rings (SSSR count). The minimum atomic E-state index is -0.915. The maximum absolute atomic E-state index is 10.9. The van der Waals surface area contributed by atoms with E-state index in [1.54, 1.807) is 13.0 Å². The van der Waals surface area contributed by atoms with E-state index < -0.39 is 5.97 Å². The fourth-order valence-corrected chi connectivity index (χ4v) is 2.26. The maximum atomic E-state index is 10.9. The third-order valence-electron chi connectivity index (χ3n) is 3.25. The van der Waals surface area contributed by atoms with Gasteiger partial charge in [0.2, 0.25) is 0 Å². The predicted octanol–water partition coefficient (Wildman–Crippen LogP) is 2.27. The molecule has 0 amide bonds. The molecule has 0 bridgehead atoms. The molecule has 1 N–H and O–H groups in total. The fraction of sp³-hybridized carbons (Fsp3) is 0.583. The topological polar surface area (TPSA) is 53.7 Å². The summed E-state index contributed by atoms with van der Waals surface area (Å²) in [4.78, 5) is 13.2. The lowest BCUT2D eigenvalue weighted by atomic mass is 10.2. The van der Waals surface area contributed by atoms with Gasteiger partial charge in [0.05, 0.1) is 6.54 Å². The molecule has 1 atom stereocenters. The van der Waals surface area contributed by atoms with Crippen LogP contribution in [0, 0.1) is 6.92 Å². The second kappa shape index (κ2) is 4.29. The average Bonchev–Trinajstić information content (AvgIpc) is 2.75. The molecule has 1 aliphatic heterocycles. The van der Waals surface area contributed by atoms with E-state index >= 15 is 0 Å². The zero-order valence-corrected chi connectivity index (χ0v) is 9.69. The Kier molecular flexibility index (Phi) is 3.01. The molecule has 4 heteroatoms. The SMILES string of the molecule is Cc1oc(CN2CCCC2C)cc1C(=O)O.